The molecule has 3 atom stereocenters. The molecule has 1 aromatic heterocycles. The van der Waals surface area contributed by atoms with E-state index >= 15 is 0 Å². The quantitative estimate of drug-likeness (QED) is 0.877. The van der Waals surface area contributed by atoms with Gasteiger partial charge in [-0.15, -0.1) is 11.3 Å². The first kappa shape index (κ1) is 16.2. The number of aryl methyl sites for hydroxylation is 1. The minimum atomic E-state index is -0.0560. The molecule has 1 fully saturated rings. The highest BCUT2D eigenvalue weighted by Gasteiger charge is 2.27. The normalized spacial score (nSPS) is 23.3. The van der Waals surface area contributed by atoms with Crippen LogP contribution in [0.15, 0.2) is 6.20 Å². The number of urea groups is 1. The molecule has 0 saturated heterocycles. The summed E-state index contributed by atoms with van der Waals surface area (Å²) in [7, 11) is 4.20. The third-order valence-corrected chi connectivity index (χ3v) is 5.24. The molecule has 2 rings (SSSR count). The van der Waals surface area contributed by atoms with Crippen LogP contribution in [0.3, 0.4) is 0 Å². The van der Waals surface area contributed by atoms with Gasteiger partial charge in [0.2, 0.25) is 0 Å². The Morgan fingerprint density at radius 1 is 1.52 bits per heavy atom. The maximum atomic E-state index is 12.0. The highest BCUT2D eigenvalue weighted by molar-refractivity contribution is 7.11. The van der Waals surface area contributed by atoms with E-state index < -0.39 is 0 Å². The highest BCUT2D eigenvalue weighted by Crippen LogP contribution is 2.22. The maximum absolute atomic E-state index is 12.0. The third kappa shape index (κ3) is 4.68. The van der Waals surface area contributed by atoms with Crippen molar-refractivity contribution in [3.63, 3.8) is 0 Å². The summed E-state index contributed by atoms with van der Waals surface area (Å²) >= 11 is 1.70. The number of carbonyl (C=O) groups is 1. The lowest BCUT2D eigenvalue weighted by atomic mass is 10.2. The number of nitrogens with one attached hydrogen (secondary N) is 2. The van der Waals surface area contributed by atoms with Crippen molar-refractivity contribution >= 4 is 17.4 Å². The Bertz CT molecular complexity index is 474. The molecular formula is C15H26N4OS. The summed E-state index contributed by atoms with van der Waals surface area (Å²) < 4.78 is 0. The Labute approximate surface area is 131 Å². The lowest BCUT2D eigenvalue weighted by Gasteiger charge is -2.19. The number of thiazole rings is 1. The summed E-state index contributed by atoms with van der Waals surface area (Å²) in [5, 5.41) is 7.13. The zero-order valence-corrected chi connectivity index (χ0v) is 14.2. The Hall–Kier alpha value is -1.14. The average molecular weight is 310 g/mol. The lowest BCUT2D eigenvalue weighted by molar-refractivity contribution is 0.235. The number of hydrogen-bond donors (Lipinski definition) is 2. The fourth-order valence-corrected chi connectivity index (χ4v) is 3.55. The number of rotatable bonds is 5. The Morgan fingerprint density at radius 3 is 2.86 bits per heavy atom. The molecule has 0 aliphatic heterocycles. The second-order valence-electron chi connectivity index (χ2n) is 6.19. The van der Waals surface area contributed by atoms with Crippen LogP contribution in [0.1, 0.15) is 42.0 Å². The van der Waals surface area contributed by atoms with Gasteiger partial charge in [0.15, 0.2) is 0 Å². The van der Waals surface area contributed by atoms with Crippen LogP contribution in [0.5, 0.6) is 0 Å². The zero-order chi connectivity index (χ0) is 15.4. The Balaban J connectivity index is 1.70. The molecular weight excluding hydrogens is 284 g/mol. The standard InChI is InChI=1S/C15H26N4OS/c1-10(14-16-9-11(2)21-14)8-17-15(20)18-12-5-6-13(7-12)19(3)4/h9-10,12-13H,5-8H2,1-4H3,(H2,17,18,20)/t10-,12+,13-/m1/s1. The zero-order valence-electron chi connectivity index (χ0n) is 13.3. The van der Waals surface area contributed by atoms with E-state index in [0.29, 0.717) is 18.6 Å². The molecule has 0 spiro atoms. The molecule has 1 saturated carbocycles. The van der Waals surface area contributed by atoms with Crippen molar-refractivity contribution in [2.45, 2.75) is 51.1 Å². The molecule has 21 heavy (non-hydrogen) atoms. The molecule has 0 radical (unpaired) electrons. The Kier molecular flexibility index (Phi) is 5.58. The molecule has 0 aromatic carbocycles. The van der Waals surface area contributed by atoms with Crippen LogP contribution in [0.2, 0.25) is 0 Å². The Morgan fingerprint density at radius 2 is 2.29 bits per heavy atom. The molecule has 2 N–H and O–H groups in total. The molecule has 118 valence electrons. The minimum Gasteiger partial charge on any atom is -0.337 e. The average Bonchev–Trinajstić information content (AvgIpc) is 3.05. The van der Waals surface area contributed by atoms with E-state index in [9.17, 15) is 4.79 Å². The van der Waals surface area contributed by atoms with E-state index in [1.807, 2.05) is 6.20 Å². The predicted octanol–water partition coefficient (Wildman–Crippen LogP) is 2.34. The molecule has 2 amide bonds. The molecule has 1 aromatic rings. The second-order valence-corrected chi connectivity index (χ2v) is 7.46. The summed E-state index contributed by atoms with van der Waals surface area (Å²) in [6, 6.07) is 0.835. The fourth-order valence-electron chi connectivity index (χ4n) is 2.73. The number of carbonyl (C=O) groups excluding carboxylic acids is 1. The van der Waals surface area contributed by atoms with Crippen molar-refractivity contribution in [2.24, 2.45) is 0 Å². The number of nitrogens with zero attached hydrogens (tertiary/aromatic N) is 2. The molecule has 5 nitrogen and oxygen atoms in total. The van der Waals surface area contributed by atoms with Crippen molar-refractivity contribution in [3.05, 3.63) is 16.1 Å². The van der Waals surface area contributed by atoms with Gasteiger partial charge >= 0.3 is 6.03 Å². The van der Waals surface area contributed by atoms with Gasteiger partial charge in [0.25, 0.3) is 0 Å². The van der Waals surface area contributed by atoms with Gasteiger partial charge in [-0.3, -0.25) is 0 Å². The van der Waals surface area contributed by atoms with Crippen molar-refractivity contribution in [1.29, 1.82) is 0 Å². The summed E-state index contributed by atoms with van der Waals surface area (Å²) in [5.74, 6) is 0.257. The van der Waals surface area contributed by atoms with E-state index in [-0.39, 0.29) is 11.9 Å². The third-order valence-electron chi connectivity index (χ3n) is 4.10. The SMILES string of the molecule is Cc1cnc([C@H](C)CNC(=O)N[C@H]2CC[C@@H](N(C)C)C2)s1. The van der Waals surface area contributed by atoms with Crippen LogP contribution in [-0.2, 0) is 0 Å². The van der Waals surface area contributed by atoms with E-state index in [0.717, 1.165) is 24.3 Å². The topological polar surface area (TPSA) is 57.3 Å². The van der Waals surface area contributed by atoms with Crippen LogP contribution in [0.4, 0.5) is 4.79 Å². The van der Waals surface area contributed by atoms with E-state index in [2.05, 4.69) is 48.5 Å². The van der Waals surface area contributed by atoms with Gasteiger partial charge in [0.1, 0.15) is 0 Å². The van der Waals surface area contributed by atoms with Crippen molar-refractivity contribution in [2.75, 3.05) is 20.6 Å². The second kappa shape index (κ2) is 7.22. The van der Waals surface area contributed by atoms with Crippen LogP contribution in [0.25, 0.3) is 0 Å². The van der Waals surface area contributed by atoms with Crippen molar-refractivity contribution < 1.29 is 4.79 Å². The largest absolute Gasteiger partial charge is 0.337 e. The predicted molar refractivity (Wildman–Crippen MR) is 86.9 cm³/mol. The first-order valence-corrected chi connectivity index (χ1v) is 8.40. The fraction of sp³-hybridized carbons (Fsp3) is 0.733. The van der Waals surface area contributed by atoms with Gasteiger partial charge in [0, 0.05) is 35.6 Å². The number of hydrogen-bond acceptors (Lipinski definition) is 4. The van der Waals surface area contributed by atoms with Crippen molar-refractivity contribution in [1.82, 2.24) is 20.5 Å². The lowest BCUT2D eigenvalue weighted by Crippen LogP contribution is -2.42. The summed E-state index contributed by atoms with van der Waals surface area (Å²) in [4.78, 5) is 19.8. The monoisotopic (exact) mass is 310 g/mol. The smallest absolute Gasteiger partial charge is 0.315 e. The van der Waals surface area contributed by atoms with Gasteiger partial charge in [-0.25, -0.2) is 9.78 Å². The van der Waals surface area contributed by atoms with Crippen LogP contribution in [0, 0.1) is 6.92 Å². The minimum absolute atomic E-state index is 0.0560. The summed E-state index contributed by atoms with van der Waals surface area (Å²) in [5.41, 5.74) is 0. The van der Waals surface area contributed by atoms with Gasteiger partial charge in [-0.1, -0.05) is 6.92 Å². The first-order chi connectivity index (χ1) is 9.95. The number of amides is 2. The number of aromatic nitrogens is 1. The van der Waals surface area contributed by atoms with Crippen molar-refractivity contribution in [3.8, 4) is 0 Å². The highest BCUT2D eigenvalue weighted by atomic mass is 32.1. The first-order valence-electron chi connectivity index (χ1n) is 7.58. The molecule has 1 aliphatic rings. The molecule has 6 heteroatoms. The van der Waals surface area contributed by atoms with E-state index in [4.69, 9.17) is 0 Å². The molecule has 0 unspecified atom stereocenters. The van der Waals surface area contributed by atoms with Gasteiger partial charge in [-0.2, -0.15) is 0 Å². The summed E-state index contributed by atoms with van der Waals surface area (Å²) in [6.07, 6.45) is 5.16. The van der Waals surface area contributed by atoms with Crippen LogP contribution >= 0.6 is 11.3 Å². The van der Waals surface area contributed by atoms with Gasteiger partial charge in [-0.05, 0) is 40.3 Å². The van der Waals surface area contributed by atoms with Crippen LogP contribution in [-0.4, -0.2) is 48.6 Å². The van der Waals surface area contributed by atoms with E-state index in [1.54, 1.807) is 11.3 Å². The summed E-state index contributed by atoms with van der Waals surface area (Å²) in [6.45, 7) is 4.77. The van der Waals surface area contributed by atoms with Gasteiger partial charge in [0.05, 0.1) is 5.01 Å². The molecule has 0 bridgehead atoms. The van der Waals surface area contributed by atoms with Crippen LogP contribution < -0.4 is 10.6 Å². The maximum Gasteiger partial charge on any atom is 0.315 e. The van der Waals surface area contributed by atoms with Gasteiger partial charge < -0.3 is 15.5 Å². The van der Waals surface area contributed by atoms with E-state index in [1.165, 1.54) is 4.88 Å². The molecule has 1 heterocycles. The molecule has 1 aliphatic carbocycles.